The average Bonchev–Trinajstić information content (AvgIpc) is 2.03. The molecule has 0 radical (unpaired) electrons. The van der Waals surface area contributed by atoms with Crippen molar-refractivity contribution in [3.63, 3.8) is 0 Å². The number of carbonyl (C=O) groups excluding carboxylic acids is 1. The molecule has 0 bridgehead atoms. The van der Waals surface area contributed by atoms with E-state index in [4.69, 9.17) is 0 Å². The fourth-order valence-electron chi connectivity index (χ4n) is 0.761. The van der Waals surface area contributed by atoms with Crippen molar-refractivity contribution in [3.05, 3.63) is 0 Å². The van der Waals surface area contributed by atoms with E-state index in [-0.39, 0.29) is 5.97 Å². The second kappa shape index (κ2) is 7.53. The molecule has 2 nitrogen and oxygen atoms in total. The Kier molecular flexibility index (Phi) is 7.45. The molecule has 0 unspecified atom stereocenters. The van der Waals surface area contributed by atoms with E-state index in [1.165, 1.54) is 6.92 Å². The Balaban J connectivity index is 3.05. The van der Waals surface area contributed by atoms with Gasteiger partial charge in [-0.3, -0.25) is 4.79 Å². The van der Waals surface area contributed by atoms with Gasteiger partial charge in [0.1, 0.15) is 6.17 Å². The quantitative estimate of drug-likeness (QED) is 0.405. The summed E-state index contributed by atoms with van der Waals surface area (Å²) in [6.07, 6.45) is 1.27. The molecule has 4 heteroatoms. The Bertz CT molecular complexity index is 130. The molecule has 0 N–H and O–H groups in total. The fraction of sp³-hybridized carbons (Fsp3) is 0.875. The zero-order chi connectivity index (χ0) is 9.40. The van der Waals surface area contributed by atoms with Crippen LogP contribution >= 0.6 is 15.9 Å². The van der Waals surface area contributed by atoms with E-state index in [2.05, 4.69) is 20.7 Å². The second-order valence-corrected chi connectivity index (χ2v) is 3.23. The van der Waals surface area contributed by atoms with Crippen molar-refractivity contribution < 1.29 is 13.9 Å². The van der Waals surface area contributed by atoms with Gasteiger partial charge in [0.05, 0.1) is 6.61 Å². The van der Waals surface area contributed by atoms with Crippen LogP contribution in [-0.2, 0) is 9.53 Å². The number of halogens is 2. The third-order valence-corrected chi connectivity index (χ3v) is 2.09. The summed E-state index contributed by atoms with van der Waals surface area (Å²) in [5, 5.41) is 0.389. The zero-order valence-corrected chi connectivity index (χ0v) is 8.77. The van der Waals surface area contributed by atoms with Crippen LogP contribution in [-0.4, -0.2) is 24.1 Å². The van der Waals surface area contributed by atoms with Gasteiger partial charge in [-0.2, -0.15) is 0 Å². The molecule has 0 amide bonds. The SMILES string of the molecule is CC(=O)OCCCC[C@@H](F)CBr. The Labute approximate surface area is 80.6 Å². The number of ether oxygens (including phenoxy) is 1. The maximum atomic E-state index is 12.6. The van der Waals surface area contributed by atoms with Crippen LogP contribution in [0.15, 0.2) is 0 Å². The highest BCUT2D eigenvalue weighted by Gasteiger charge is 2.02. The van der Waals surface area contributed by atoms with Crippen molar-refractivity contribution in [1.29, 1.82) is 0 Å². The summed E-state index contributed by atoms with van der Waals surface area (Å²) in [7, 11) is 0. The number of hydrogen-bond acceptors (Lipinski definition) is 2. The first-order valence-corrected chi connectivity index (χ1v) is 5.12. The fourth-order valence-corrected chi connectivity index (χ4v) is 1.08. The van der Waals surface area contributed by atoms with E-state index >= 15 is 0 Å². The summed E-state index contributed by atoms with van der Waals surface area (Å²) in [6.45, 7) is 1.78. The zero-order valence-electron chi connectivity index (χ0n) is 7.19. The predicted molar refractivity (Wildman–Crippen MR) is 49.2 cm³/mol. The summed E-state index contributed by atoms with van der Waals surface area (Å²) in [4.78, 5) is 10.3. The smallest absolute Gasteiger partial charge is 0.302 e. The Hall–Kier alpha value is -0.120. The Morgan fingerprint density at radius 2 is 2.25 bits per heavy atom. The van der Waals surface area contributed by atoms with Crippen LogP contribution in [0.5, 0.6) is 0 Å². The summed E-state index contributed by atoms with van der Waals surface area (Å²) in [5.74, 6) is -0.271. The topological polar surface area (TPSA) is 26.3 Å². The molecule has 0 rings (SSSR count). The number of alkyl halides is 2. The van der Waals surface area contributed by atoms with E-state index < -0.39 is 6.17 Å². The highest BCUT2D eigenvalue weighted by atomic mass is 79.9. The number of hydrogen-bond donors (Lipinski definition) is 0. The number of esters is 1. The summed E-state index contributed by atoms with van der Waals surface area (Å²) in [6, 6.07) is 0. The molecule has 0 aliphatic heterocycles. The van der Waals surface area contributed by atoms with Gasteiger partial charge in [-0.05, 0) is 19.3 Å². The van der Waals surface area contributed by atoms with Crippen molar-refractivity contribution in [2.45, 2.75) is 32.4 Å². The lowest BCUT2D eigenvalue weighted by Gasteiger charge is -2.03. The van der Waals surface area contributed by atoms with E-state index in [1.54, 1.807) is 0 Å². The Morgan fingerprint density at radius 3 is 2.75 bits per heavy atom. The molecule has 0 aromatic rings. The molecule has 0 fully saturated rings. The van der Waals surface area contributed by atoms with E-state index in [9.17, 15) is 9.18 Å². The van der Waals surface area contributed by atoms with Gasteiger partial charge < -0.3 is 4.74 Å². The van der Waals surface area contributed by atoms with Crippen LogP contribution in [0.3, 0.4) is 0 Å². The monoisotopic (exact) mass is 240 g/mol. The Morgan fingerprint density at radius 1 is 1.58 bits per heavy atom. The average molecular weight is 241 g/mol. The van der Waals surface area contributed by atoms with Gasteiger partial charge in [0, 0.05) is 12.3 Å². The molecule has 0 aliphatic rings. The molecular formula is C8H14BrFO2. The lowest BCUT2D eigenvalue weighted by Crippen LogP contribution is -2.04. The highest BCUT2D eigenvalue weighted by molar-refractivity contribution is 9.09. The van der Waals surface area contributed by atoms with Gasteiger partial charge in [0.2, 0.25) is 0 Å². The van der Waals surface area contributed by atoms with Crippen LogP contribution < -0.4 is 0 Å². The first kappa shape index (κ1) is 11.9. The van der Waals surface area contributed by atoms with Crippen molar-refractivity contribution in [1.82, 2.24) is 0 Å². The normalized spacial score (nSPS) is 12.6. The number of carbonyl (C=O) groups is 1. The molecule has 0 spiro atoms. The minimum atomic E-state index is -0.776. The molecule has 0 saturated heterocycles. The van der Waals surface area contributed by atoms with Gasteiger partial charge in [-0.1, -0.05) is 15.9 Å². The molecular weight excluding hydrogens is 227 g/mol. The summed E-state index contributed by atoms with van der Waals surface area (Å²) >= 11 is 3.05. The number of unbranched alkanes of at least 4 members (excludes halogenated alkanes) is 1. The first-order chi connectivity index (χ1) is 5.66. The van der Waals surface area contributed by atoms with E-state index in [0.717, 1.165) is 12.8 Å². The maximum Gasteiger partial charge on any atom is 0.302 e. The lowest BCUT2D eigenvalue weighted by atomic mass is 10.2. The third-order valence-electron chi connectivity index (χ3n) is 1.38. The van der Waals surface area contributed by atoms with Crippen molar-refractivity contribution in [3.8, 4) is 0 Å². The van der Waals surface area contributed by atoms with Crippen LogP contribution in [0, 0.1) is 0 Å². The van der Waals surface area contributed by atoms with Crippen LogP contribution in [0.4, 0.5) is 4.39 Å². The minimum absolute atomic E-state index is 0.271. The highest BCUT2D eigenvalue weighted by Crippen LogP contribution is 2.07. The molecule has 0 aliphatic carbocycles. The minimum Gasteiger partial charge on any atom is -0.466 e. The molecule has 0 aromatic heterocycles. The van der Waals surface area contributed by atoms with Crippen LogP contribution in [0.2, 0.25) is 0 Å². The second-order valence-electron chi connectivity index (χ2n) is 2.59. The third kappa shape index (κ3) is 7.98. The van der Waals surface area contributed by atoms with Gasteiger partial charge >= 0.3 is 5.97 Å². The molecule has 12 heavy (non-hydrogen) atoms. The van der Waals surface area contributed by atoms with Crippen molar-refractivity contribution in [2.24, 2.45) is 0 Å². The molecule has 72 valence electrons. The molecule has 1 atom stereocenters. The van der Waals surface area contributed by atoms with Crippen LogP contribution in [0.1, 0.15) is 26.2 Å². The molecule has 0 aromatic carbocycles. The molecule has 0 saturated carbocycles. The van der Waals surface area contributed by atoms with Gasteiger partial charge in [-0.15, -0.1) is 0 Å². The van der Waals surface area contributed by atoms with E-state index in [1.807, 2.05) is 0 Å². The van der Waals surface area contributed by atoms with E-state index in [0.29, 0.717) is 18.4 Å². The van der Waals surface area contributed by atoms with Crippen molar-refractivity contribution >= 4 is 21.9 Å². The summed E-state index contributed by atoms with van der Waals surface area (Å²) in [5.41, 5.74) is 0. The summed E-state index contributed by atoms with van der Waals surface area (Å²) < 4.78 is 17.2. The largest absolute Gasteiger partial charge is 0.466 e. The van der Waals surface area contributed by atoms with Gasteiger partial charge in [0.25, 0.3) is 0 Å². The van der Waals surface area contributed by atoms with Gasteiger partial charge in [0.15, 0.2) is 0 Å². The van der Waals surface area contributed by atoms with Gasteiger partial charge in [-0.25, -0.2) is 4.39 Å². The maximum absolute atomic E-state index is 12.6. The first-order valence-electron chi connectivity index (χ1n) is 4.00. The number of rotatable bonds is 6. The van der Waals surface area contributed by atoms with Crippen LogP contribution in [0.25, 0.3) is 0 Å². The van der Waals surface area contributed by atoms with Crippen molar-refractivity contribution in [2.75, 3.05) is 11.9 Å². The lowest BCUT2D eigenvalue weighted by molar-refractivity contribution is -0.141. The predicted octanol–water partition coefficient (Wildman–Crippen LogP) is 2.45. The standard InChI is InChI=1S/C8H14BrFO2/c1-7(11)12-5-3-2-4-8(10)6-9/h8H,2-6H2,1H3/t8-/m1/s1. The molecule has 0 heterocycles.